The number of para-hydroxylation sites is 1. The van der Waals surface area contributed by atoms with E-state index in [1.807, 2.05) is 78.9 Å². The Hall–Kier alpha value is -4.47. The largest absolute Gasteiger partial charge is 0.273 e. The number of carbonyl (C=O) groups is 2. The third-order valence-electron chi connectivity index (χ3n) is 6.51. The molecule has 2 aliphatic rings. The Morgan fingerprint density at radius 3 is 2.24 bits per heavy atom. The van der Waals surface area contributed by atoms with Gasteiger partial charge in [0.1, 0.15) is 5.92 Å². The number of hydrogen-bond donors (Lipinski definition) is 0. The van der Waals surface area contributed by atoms with Crippen molar-refractivity contribution >= 4 is 34.0 Å². The van der Waals surface area contributed by atoms with Gasteiger partial charge in [-0.25, -0.2) is 9.96 Å². The van der Waals surface area contributed by atoms with Crippen molar-refractivity contribution in [1.29, 1.82) is 5.26 Å². The number of fused-ring (bicyclic) bond motifs is 2. The van der Waals surface area contributed by atoms with Crippen LogP contribution in [0.3, 0.4) is 0 Å². The number of amides is 2. The molecule has 6 rings (SSSR count). The lowest BCUT2D eigenvalue weighted by Gasteiger charge is -2.29. The number of rotatable bonds is 3. The van der Waals surface area contributed by atoms with Gasteiger partial charge in [-0.05, 0) is 41.3 Å². The smallest absolute Gasteiger partial charge is 0.266 e. The molecule has 0 aromatic heterocycles. The summed E-state index contributed by atoms with van der Waals surface area (Å²) < 4.78 is 0. The maximum absolute atomic E-state index is 13.9. The Kier molecular flexibility index (Phi) is 4.65. The van der Waals surface area contributed by atoms with Crippen LogP contribution in [0.15, 0.2) is 97.1 Å². The first kappa shape index (κ1) is 20.2. The molecular formula is C28H19N3O3. The second-order valence-corrected chi connectivity index (χ2v) is 8.40. The number of nitriles is 1. The highest BCUT2D eigenvalue weighted by atomic mass is 16.7. The lowest BCUT2D eigenvalue weighted by molar-refractivity contribution is -0.126. The molecular weight excluding hydrogens is 426 g/mol. The quantitative estimate of drug-likeness (QED) is 0.425. The van der Waals surface area contributed by atoms with Gasteiger partial charge in [-0.15, -0.1) is 0 Å². The minimum absolute atomic E-state index is 0.292. The average Bonchev–Trinajstić information content (AvgIpc) is 3.40. The average molecular weight is 445 g/mol. The van der Waals surface area contributed by atoms with E-state index in [2.05, 4.69) is 6.07 Å². The number of hydroxylamine groups is 1. The third-order valence-corrected chi connectivity index (χ3v) is 6.51. The number of anilines is 2. The molecule has 4 aromatic rings. The van der Waals surface area contributed by atoms with E-state index in [4.69, 9.17) is 4.84 Å². The van der Waals surface area contributed by atoms with Gasteiger partial charge in [-0.3, -0.25) is 14.4 Å². The van der Waals surface area contributed by atoms with Gasteiger partial charge in [-0.1, -0.05) is 66.7 Å². The number of hydrogen-bond acceptors (Lipinski definition) is 5. The van der Waals surface area contributed by atoms with Gasteiger partial charge < -0.3 is 0 Å². The van der Waals surface area contributed by atoms with Gasteiger partial charge in [-0.2, -0.15) is 5.26 Å². The first-order chi connectivity index (χ1) is 16.7. The zero-order valence-electron chi connectivity index (χ0n) is 18.0. The summed E-state index contributed by atoms with van der Waals surface area (Å²) in [6.45, 7) is 0. The van der Waals surface area contributed by atoms with Gasteiger partial charge in [0, 0.05) is 5.39 Å². The molecule has 34 heavy (non-hydrogen) atoms. The summed E-state index contributed by atoms with van der Waals surface area (Å²) in [6, 6.07) is 31.4. The highest BCUT2D eigenvalue weighted by molar-refractivity contribution is 6.26. The first-order valence-electron chi connectivity index (χ1n) is 11.0. The lowest BCUT2D eigenvalue weighted by Crippen LogP contribution is -2.37. The monoisotopic (exact) mass is 445 g/mol. The van der Waals surface area contributed by atoms with Crippen LogP contribution in [0.5, 0.6) is 0 Å². The topological polar surface area (TPSA) is 73.6 Å². The van der Waals surface area contributed by atoms with Gasteiger partial charge >= 0.3 is 0 Å². The van der Waals surface area contributed by atoms with Crippen molar-refractivity contribution in [2.45, 2.75) is 12.1 Å². The minimum atomic E-state index is -0.938. The lowest BCUT2D eigenvalue weighted by atomic mass is 9.90. The summed E-state index contributed by atoms with van der Waals surface area (Å²) in [7, 11) is 0. The summed E-state index contributed by atoms with van der Waals surface area (Å²) in [6.07, 6.45) is -0.938. The normalized spacial score (nSPS) is 21.7. The van der Waals surface area contributed by atoms with E-state index in [1.54, 1.807) is 23.3 Å². The molecule has 2 heterocycles. The summed E-state index contributed by atoms with van der Waals surface area (Å²) in [5, 5.41) is 12.7. The van der Waals surface area contributed by atoms with Gasteiger partial charge in [0.15, 0.2) is 6.10 Å². The Labute approximate surface area is 196 Å². The highest BCUT2D eigenvalue weighted by Crippen LogP contribution is 2.48. The third kappa shape index (κ3) is 2.99. The zero-order valence-corrected chi connectivity index (χ0v) is 18.0. The Morgan fingerprint density at radius 1 is 0.765 bits per heavy atom. The summed E-state index contributed by atoms with van der Waals surface area (Å²) in [4.78, 5) is 34.9. The van der Waals surface area contributed by atoms with Crippen LogP contribution >= 0.6 is 0 Å². The minimum Gasteiger partial charge on any atom is -0.273 e. The molecule has 3 atom stereocenters. The molecule has 0 unspecified atom stereocenters. The predicted octanol–water partition coefficient (Wildman–Crippen LogP) is 4.76. The molecule has 0 spiro atoms. The van der Waals surface area contributed by atoms with Gasteiger partial charge in [0.2, 0.25) is 5.91 Å². The maximum atomic E-state index is 13.9. The van der Waals surface area contributed by atoms with Gasteiger partial charge in [0.05, 0.1) is 29.0 Å². The van der Waals surface area contributed by atoms with Crippen LogP contribution in [0.2, 0.25) is 0 Å². The van der Waals surface area contributed by atoms with E-state index in [0.717, 1.165) is 22.0 Å². The van der Waals surface area contributed by atoms with Crippen molar-refractivity contribution in [3.63, 3.8) is 0 Å². The number of carbonyl (C=O) groups excluding carboxylic acids is 2. The van der Waals surface area contributed by atoms with Crippen molar-refractivity contribution in [3.05, 3.63) is 108 Å². The van der Waals surface area contributed by atoms with Crippen LogP contribution in [-0.4, -0.2) is 17.9 Å². The molecule has 164 valence electrons. The van der Waals surface area contributed by atoms with E-state index >= 15 is 0 Å². The number of imide groups is 1. The highest BCUT2D eigenvalue weighted by Gasteiger charge is 2.60. The molecule has 0 radical (unpaired) electrons. The van der Waals surface area contributed by atoms with E-state index in [-0.39, 0.29) is 11.8 Å². The Balaban J connectivity index is 1.46. The second kappa shape index (κ2) is 7.84. The van der Waals surface area contributed by atoms with Crippen LogP contribution in [0.4, 0.5) is 11.4 Å². The van der Waals surface area contributed by atoms with Crippen molar-refractivity contribution in [3.8, 4) is 6.07 Å². The molecule has 2 aliphatic heterocycles. The van der Waals surface area contributed by atoms with Crippen molar-refractivity contribution in [2.24, 2.45) is 5.92 Å². The summed E-state index contributed by atoms with van der Waals surface area (Å²) in [5.41, 5.74) is 2.65. The Morgan fingerprint density at radius 2 is 1.47 bits per heavy atom. The first-order valence-corrected chi connectivity index (χ1v) is 11.0. The van der Waals surface area contributed by atoms with Crippen LogP contribution in [0.25, 0.3) is 10.8 Å². The zero-order chi connectivity index (χ0) is 23.2. The molecule has 2 amide bonds. The Bertz CT molecular complexity index is 1450. The fourth-order valence-corrected chi connectivity index (χ4v) is 4.95. The van der Waals surface area contributed by atoms with E-state index in [1.165, 1.54) is 4.90 Å². The van der Waals surface area contributed by atoms with Crippen molar-refractivity contribution < 1.29 is 14.4 Å². The van der Waals surface area contributed by atoms with Crippen LogP contribution in [0, 0.1) is 17.2 Å². The molecule has 0 aliphatic carbocycles. The summed E-state index contributed by atoms with van der Waals surface area (Å²) >= 11 is 0. The number of benzene rings is 4. The number of nitrogens with zero attached hydrogens (tertiary/aromatic N) is 3. The fraction of sp³-hybridized carbons (Fsp3) is 0.107. The SMILES string of the molecule is N#Cc1ccc([C@@H]2[C@H]3C(=O)N(c4cccc5ccccc45)C(=O)[C@@H]3ON2c2ccccc2)cc1. The molecule has 4 aromatic carbocycles. The van der Waals surface area contributed by atoms with E-state index in [0.29, 0.717) is 11.3 Å². The predicted molar refractivity (Wildman–Crippen MR) is 128 cm³/mol. The van der Waals surface area contributed by atoms with Gasteiger partial charge in [0.25, 0.3) is 5.91 Å². The van der Waals surface area contributed by atoms with Crippen LogP contribution in [0.1, 0.15) is 17.2 Å². The molecule has 0 saturated carbocycles. The maximum Gasteiger partial charge on any atom is 0.266 e. The fourth-order valence-electron chi connectivity index (χ4n) is 4.95. The molecule has 6 heteroatoms. The van der Waals surface area contributed by atoms with Crippen molar-refractivity contribution in [1.82, 2.24) is 0 Å². The molecule has 2 saturated heterocycles. The van der Waals surface area contributed by atoms with Crippen LogP contribution < -0.4 is 9.96 Å². The standard InChI is InChI=1S/C28H19N3O3/c29-17-18-13-15-20(16-14-18)25-24-26(34-31(25)21-9-2-1-3-10-21)28(33)30(27(24)32)23-12-6-8-19-7-4-5-11-22(19)23/h1-16,24-26H/t24-,25-,26-/m1/s1. The molecule has 6 nitrogen and oxygen atoms in total. The van der Waals surface area contributed by atoms with Crippen molar-refractivity contribution in [2.75, 3.05) is 9.96 Å². The van der Waals surface area contributed by atoms with Crippen LogP contribution in [-0.2, 0) is 14.4 Å². The molecule has 0 N–H and O–H groups in total. The van der Waals surface area contributed by atoms with E-state index in [9.17, 15) is 14.9 Å². The molecule has 2 fully saturated rings. The van der Waals surface area contributed by atoms with E-state index < -0.39 is 18.1 Å². The summed E-state index contributed by atoms with van der Waals surface area (Å²) in [5.74, 6) is -1.39. The second-order valence-electron chi connectivity index (χ2n) is 8.40. The molecule has 0 bridgehead atoms.